The van der Waals surface area contributed by atoms with Gasteiger partial charge in [0.25, 0.3) is 0 Å². The molecule has 1 aliphatic rings. The number of hydrogen-bond donors (Lipinski definition) is 1. The van der Waals surface area contributed by atoms with Crippen molar-refractivity contribution in [3.8, 4) is 5.75 Å². The van der Waals surface area contributed by atoms with E-state index in [4.69, 9.17) is 4.74 Å². The number of ether oxygens (including phenoxy) is 1. The van der Waals surface area contributed by atoms with Crippen LogP contribution in [0, 0.1) is 0 Å². The van der Waals surface area contributed by atoms with Gasteiger partial charge in [0, 0.05) is 25.3 Å². The van der Waals surface area contributed by atoms with Gasteiger partial charge in [-0.15, -0.1) is 0 Å². The standard InChI is InChI=1S/C14H23N3O/c1-11(2)18-13-5-4-8-15-14(13)16-9-10-17(3)12-6-7-12/h4-5,8,11-12H,6-7,9-10H2,1-3H3,(H,15,16). The number of rotatable bonds is 7. The molecule has 0 aliphatic heterocycles. The van der Waals surface area contributed by atoms with Gasteiger partial charge in [-0.1, -0.05) is 0 Å². The van der Waals surface area contributed by atoms with Crippen LogP contribution < -0.4 is 10.1 Å². The monoisotopic (exact) mass is 249 g/mol. The predicted molar refractivity (Wildman–Crippen MR) is 74.1 cm³/mol. The Labute approximate surface area is 109 Å². The van der Waals surface area contributed by atoms with E-state index in [1.54, 1.807) is 6.20 Å². The summed E-state index contributed by atoms with van der Waals surface area (Å²) in [6.45, 7) is 6.00. The van der Waals surface area contributed by atoms with Crippen molar-refractivity contribution >= 4 is 5.82 Å². The van der Waals surface area contributed by atoms with Gasteiger partial charge in [-0.2, -0.15) is 0 Å². The maximum Gasteiger partial charge on any atom is 0.168 e. The highest BCUT2D eigenvalue weighted by Crippen LogP contribution is 2.25. The minimum absolute atomic E-state index is 0.170. The molecule has 1 aliphatic carbocycles. The Bertz CT molecular complexity index is 377. The molecule has 1 heterocycles. The molecule has 4 heteroatoms. The fraction of sp³-hybridized carbons (Fsp3) is 0.643. The zero-order valence-electron chi connectivity index (χ0n) is 11.5. The molecule has 0 bridgehead atoms. The Balaban J connectivity index is 1.83. The van der Waals surface area contributed by atoms with E-state index < -0.39 is 0 Å². The lowest BCUT2D eigenvalue weighted by Gasteiger charge is -2.18. The molecule has 1 saturated carbocycles. The van der Waals surface area contributed by atoms with E-state index in [2.05, 4.69) is 22.2 Å². The Morgan fingerprint density at radius 2 is 2.28 bits per heavy atom. The van der Waals surface area contributed by atoms with Gasteiger partial charge < -0.3 is 15.0 Å². The summed E-state index contributed by atoms with van der Waals surface area (Å²) in [5.41, 5.74) is 0. The van der Waals surface area contributed by atoms with E-state index in [1.807, 2.05) is 26.0 Å². The molecule has 0 saturated heterocycles. The van der Waals surface area contributed by atoms with Crippen molar-refractivity contribution in [3.05, 3.63) is 18.3 Å². The molecule has 0 unspecified atom stereocenters. The highest BCUT2D eigenvalue weighted by atomic mass is 16.5. The largest absolute Gasteiger partial charge is 0.487 e. The maximum atomic E-state index is 5.72. The summed E-state index contributed by atoms with van der Waals surface area (Å²) in [5, 5.41) is 3.35. The zero-order valence-corrected chi connectivity index (χ0v) is 11.5. The van der Waals surface area contributed by atoms with Crippen LogP contribution in [0.25, 0.3) is 0 Å². The summed E-state index contributed by atoms with van der Waals surface area (Å²) in [6, 6.07) is 4.67. The van der Waals surface area contributed by atoms with Crippen LogP contribution in [0.15, 0.2) is 18.3 Å². The molecule has 18 heavy (non-hydrogen) atoms. The second-order valence-corrected chi connectivity index (χ2v) is 5.16. The lowest BCUT2D eigenvalue weighted by atomic mass is 10.4. The van der Waals surface area contributed by atoms with Crippen molar-refractivity contribution in [1.82, 2.24) is 9.88 Å². The number of anilines is 1. The first-order valence-electron chi connectivity index (χ1n) is 6.72. The van der Waals surface area contributed by atoms with Crippen LogP contribution in [0.4, 0.5) is 5.82 Å². The van der Waals surface area contributed by atoms with Gasteiger partial charge in [0.2, 0.25) is 0 Å². The van der Waals surface area contributed by atoms with Crippen molar-refractivity contribution in [2.24, 2.45) is 0 Å². The summed E-state index contributed by atoms with van der Waals surface area (Å²) < 4.78 is 5.72. The quantitative estimate of drug-likeness (QED) is 0.805. The Hall–Kier alpha value is -1.29. The van der Waals surface area contributed by atoms with Gasteiger partial charge in [0.05, 0.1) is 6.10 Å². The zero-order chi connectivity index (χ0) is 13.0. The van der Waals surface area contributed by atoms with Gasteiger partial charge >= 0.3 is 0 Å². The molecular formula is C14H23N3O. The molecule has 0 radical (unpaired) electrons. The molecule has 4 nitrogen and oxygen atoms in total. The van der Waals surface area contributed by atoms with Crippen LogP contribution in [0.3, 0.4) is 0 Å². The lowest BCUT2D eigenvalue weighted by Crippen LogP contribution is -2.27. The van der Waals surface area contributed by atoms with Crippen LogP contribution in [0.2, 0.25) is 0 Å². The number of pyridine rings is 1. The van der Waals surface area contributed by atoms with Gasteiger partial charge in [-0.3, -0.25) is 0 Å². The van der Waals surface area contributed by atoms with E-state index in [0.717, 1.165) is 30.7 Å². The van der Waals surface area contributed by atoms with Crippen molar-refractivity contribution < 1.29 is 4.74 Å². The molecule has 1 fully saturated rings. The first-order valence-corrected chi connectivity index (χ1v) is 6.72. The first-order chi connectivity index (χ1) is 8.66. The van der Waals surface area contributed by atoms with E-state index in [1.165, 1.54) is 12.8 Å². The van der Waals surface area contributed by atoms with Gasteiger partial charge in [0.1, 0.15) is 0 Å². The summed E-state index contributed by atoms with van der Waals surface area (Å²) in [5.74, 6) is 1.68. The van der Waals surface area contributed by atoms with Crippen LogP contribution in [0.5, 0.6) is 5.75 Å². The average molecular weight is 249 g/mol. The maximum absolute atomic E-state index is 5.72. The smallest absolute Gasteiger partial charge is 0.168 e. The third-order valence-electron chi connectivity index (χ3n) is 3.06. The predicted octanol–water partition coefficient (Wildman–Crippen LogP) is 2.37. The highest BCUT2D eigenvalue weighted by Gasteiger charge is 2.25. The Kier molecular flexibility index (Phi) is 4.42. The van der Waals surface area contributed by atoms with E-state index >= 15 is 0 Å². The normalized spacial score (nSPS) is 15.2. The van der Waals surface area contributed by atoms with Gasteiger partial charge in [-0.25, -0.2) is 4.98 Å². The van der Waals surface area contributed by atoms with Crippen molar-refractivity contribution in [1.29, 1.82) is 0 Å². The summed E-state index contributed by atoms with van der Waals surface area (Å²) in [4.78, 5) is 6.74. The van der Waals surface area contributed by atoms with Crippen molar-refractivity contribution in [2.45, 2.75) is 38.8 Å². The van der Waals surface area contributed by atoms with Crippen LogP contribution in [-0.2, 0) is 0 Å². The second-order valence-electron chi connectivity index (χ2n) is 5.16. The van der Waals surface area contributed by atoms with Crippen LogP contribution in [-0.4, -0.2) is 42.2 Å². The molecule has 0 amide bonds. The van der Waals surface area contributed by atoms with Crippen molar-refractivity contribution in [3.63, 3.8) is 0 Å². The second kappa shape index (κ2) is 6.05. The Morgan fingerprint density at radius 3 is 2.94 bits per heavy atom. The minimum Gasteiger partial charge on any atom is -0.487 e. The van der Waals surface area contributed by atoms with Gasteiger partial charge in [-0.05, 0) is 45.9 Å². The molecule has 0 spiro atoms. The fourth-order valence-electron chi connectivity index (χ4n) is 1.92. The molecule has 0 atom stereocenters. The van der Waals surface area contributed by atoms with E-state index in [-0.39, 0.29) is 6.10 Å². The lowest BCUT2D eigenvalue weighted by molar-refractivity contribution is 0.242. The average Bonchev–Trinajstić information content (AvgIpc) is 3.14. The third kappa shape index (κ3) is 3.88. The highest BCUT2D eigenvalue weighted by molar-refractivity contribution is 5.49. The number of hydrogen-bond acceptors (Lipinski definition) is 4. The van der Waals surface area contributed by atoms with Crippen LogP contribution in [0.1, 0.15) is 26.7 Å². The molecule has 2 rings (SSSR count). The molecule has 100 valence electrons. The Morgan fingerprint density at radius 1 is 1.50 bits per heavy atom. The molecule has 1 N–H and O–H groups in total. The van der Waals surface area contributed by atoms with E-state index in [9.17, 15) is 0 Å². The molecule has 1 aromatic rings. The number of aromatic nitrogens is 1. The summed E-state index contributed by atoms with van der Waals surface area (Å²) in [6.07, 6.45) is 4.66. The topological polar surface area (TPSA) is 37.4 Å². The van der Waals surface area contributed by atoms with Gasteiger partial charge in [0.15, 0.2) is 11.6 Å². The molecule has 1 aromatic heterocycles. The molecular weight excluding hydrogens is 226 g/mol. The minimum atomic E-state index is 0.170. The summed E-state index contributed by atoms with van der Waals surface area (Å²) in [7, 11) is 2.18. The number of likely N-dealkylation sites (N-methyl/N-ethyl adjacent to an activating group) is 1. The van der Waals surface area contributed by atoms with Crippen molar-refractivity contribution in [2.75, 3.05) is 25.5 Å². The number of nitrogens with one attached hydrogen (secondary N) is 1. The fourth-order valence-corrected chi connectivity index (χ4v) is 1.92. The SMILES string of the molecule is CC(C)Oc1cccnc1NCCN(C)C1CC1. The summed E-state index contributed by atoms with van der Waals surface area (Å²) >= 11 is 0. The number of nitrogens with zero attached hydrogens (tertiary/aromatic N) is 2. The third-order valence-corrected chi connectivity index (χ3v) is 3.06. The first kappa shape index (κ1) is 13.1. The van der Waals surface area contributed by atoms with Crippen LogP contribution >= 0.6 is 0 Å². The van der Waals surface area contributed by atoms with E-state index in [0.29, 0.717) is 0 Å². The molecule has 0 aromatic carbocycles.